The van der Waals surface area contributed by atoms with E-state index in [9.17, 15) is 0 Å². The van der Waals surface area contributed by atoms with Gasteiger partial charge >= 0.3 is 0 Å². The number of likely N-dealkylation sites (N-methyl/N-ethyl adjacent to an activating group) is 1. The number of ether oxygens (including phenoxy) is 2. The fourth-order valence-electron chi connectivity index (χ4n) is 2.55. The number of nitrogens with zero attached hydrogens (tertiary/aromatic N) is 2. The van der Waals surface area contributed by atoms with Crippen molar-refractivity contribution in [2.45, 2.75) is 26.9 Å². The van der Waals surface area contributed by atoms with E-state index in [-0.39, 0.29) is 31.6 Å². The van der Waals surface area contributed by atoms with Crippen molar-refractivity contribution in [1.82, 2.24) is 4.98 Å². The molecule has 0 aliphatic carbocycles. The number of aromatic nitrogens is 1. The molecule has 0 unspecified atom stereocenters. The van der Waals surface area contributed by atoms with Crippen molar-refractivity contribution in [2.24, 2.45) is 0 Å². The zero-order chi connectivity index (χ0) is 20.8. The maximum absolute atomic E-state index is 8.59. The molecule has 8 nitrogen and oxygen atoms in total. The van der Waals surface area contributed by atoms with Gasteiger partial charge in [0.05, 0.1) is 18.4 Å². The molecule has 2 rings (SSSR count). The number of nitrogens with two attached hydrogens (primary N) is 1. The molecule has 8 heteroatoms. The van der Waals surface area contributed by atoms with Crippen molar-refractivity contribution in [3.05, 3.63) is 47.7 Å². The molecule has 1 aromatic heterocycles. The summed E-state index contributed by atoms with van der Waals surface area (Å²) in [5.74, 6) is 1.13. The third-order valence-electron chi connectivity index (χ3n) is 3.75. The summed E-state index contributed by atoms with van der Waals surface area (Å²) in [6, 6.07) is 8.77. The summed E-state index contributed by atoms with van der Waals surface area (Å²) in [6.45, 7) is 5.50. The Kier molecular flexibility index (Phi) is 6.70. The van der Waals surface area contributed by atoms with E-state index in [4.69, 9.17) is 31.4 Å². The molecule has 0 saturated heterocycles. The Hall–Kier alpha value is -3.42. The van der Waals surface area contributed by atoms with Gasteiger partial charge in [-0.1, -0.05) is 0 Å². The summed E-state index contributed by atoms with van der Waals surface area (Å²) in [6.07, 6.45) is 1.63. The van der Waals surface area contributed by atoms with Gasteiger partial charge in [0, 0.05) is 38.4 Å². The van der Waals surface area contributed by atoms with E-state index in [0.717, 1.165) is 0 Å². The highest BCUT2D eigenvalue weighted by atomic mass is 16.5. The van der Waals surface area contributed by atoms with Crippen molar-refractivity contribution in [3.8, 4) is 5.75 Å². The van der Waals surface area contributed by atoms with Crippen molar-refractivity contribution < 1.29 is 10.9 Å². The minimum Gasteiger partial charge on any atom is -0.491 e. The maximum Gasteiger partial charge on any atom is 0.208 e. The molecule has 0 aliphatic rings. The largest absolute Gasteiger partial charge is 0.491 e. The predicted molar refractivity (Wildman–Crippen MR) is 114 cm³/mol. The van der Waals surface area contributed by atoms with Crippen LogP contribution in [0.5, 0.6) is 5.75 Å². The van der Waals surface area contributed by atoms with Gasteiger partial charge in [-0.2, -0.15) is 0 Å². The second-order valence-electron chi connectivity index (χ2n) is 6.63. The average Bonchev–Trinajstić information content (AvgIpc) is 2.61. The molecule has 0 fully saturated rings. The zero-order valence-electron chi connectivity index (χ0n) is 16.5. The van der Waals surface area contributed by atoms with Crippen LogP contribution in [0.3, 0.4) is 0 Å². The Balaban J connectivity index is 0.00000420. The van der Waals surface area contributed by atoms with Gasteiger partial charge < -0.3 is 20.1 Å². The summed E-state index contributed by atoms with van der Waals surface area (Å²) in [5, 5.41) is 23.7. The first-order chi connectivity index (χ1) is 13.2. The highest BCUT2D eigenvalue weighted by molar-refractivity contribution is 6.14. The quantitative estimate of drug-likeness (QED) is 0.329. The van der Waals surface area contributed by atoms with Gasteiger partial charge in [0.25, 0.3) is 0 Å². The van der Waals surface area contributed by atoms with Gasteiger partial charge in [-0.3, -0.25) is 16.2 Å². The van der Waals surface area contributed by atoms with Crippen LogP contribution >= 0.6 is 0 Å². The summed E-state index contributed by atoms with van der Waals surface area (Å²) >= 11 is 0. The normalized spacial score (nSPS) is 10.5. The highest BCUT2D eigenvalue weighted by Gasteiger charge is 2.14. The molecule has 2 aromatic rings. The third kappa shape index (κ3) is 5.54. The topological polar surface area (TPSA) is 132 Å². The van der Waals surface area contributed by atoms with Crippen LogP contribution in [0.2, 0.25) is 0 Å². The maximum atomic E-state index is 8.59. The lowest BCUT2D eigenvalue weighted by Gasteiger charge is -2.19. The highest BCUT2D eigenvalue weighted by Crippen LogP contribution is 2.24. The van der Waals surface area contributed by atoms with Crippen LogP contribution in [-0.4, -0.2) is 42.2 Å². The zero-order valence-corrected chi connectivity index (χ0v) is 16.5. The molecule has 1 heterocycles. The number of anilines is 2. The van der Waals surface area contributed by atoms with Gasteiger partial charge in [0.15, 0.2) is 5.90 Å². The van der Waals surface area contributed by atoms with E-state index in [1.807, 2.05) is 13.8 Å². The minimum atomic E-state index is -0.0555. The molecular formula is C20H28N6O2. The Labute approximate surface area is 166 Å². The first-order valence-corrected chi connectivity index (χ1v) is 8.80. The number of nitrogen functional groups attached to an aromatic ring is 1. The molecule has 28 heavy (non-hydrogen) atoms. The van der Waals surface area contributed by atoms with E-state index >= 15 is 0 Å². The lowest BCUT2D eigenvalue weighted by Crippen LogP contribution is -2.28. The predicted octanol–water partition coefficient (Wildman–Crippen LogP) is 3.54. The van der Waals surface area contributed by atoms with E-state index in [2.05, 4.69) is 4.98 Å². The van der Waals surface area contributed by atoms with Crippen molar-refractivity contribution in [2.75, 3.05) is 24.2 Å². The Morgan fingerprint density at radius 2 is 1.93 bits per heavy atom. The van der Waals surface area contributed by atoms with E-state index in [0.29, 0.717) is 28.4 Å². The van der Waals surface area contributed by atoms with Gasteiger partial charge in [-0.15, -0.1) is 0 Å². The second-order valence-corrected chi connectivity index (χ2v) is 6.63. The van der Waals surface area contributed by atoms with Gasteiger partial charge in [0.1, 0.15) is 11.6 Å². The third-order valence-corrected chi connectivity index (χ3v) is 3.75. The molecule has 0 saturated carbocycles. The number of pyridine rings is 1. The summed E-state index contributed by atoms with van der Waals surface area (Å²) < 4.78 is 10.7. The summed E-state index contributed by atoms with van der Waals surface area (Å²) in [5.41, 5.74) is 8.04. The van der Waals surface area contributed by atoms with Crippen molar-refractivity contribution in [3.63, 3.8) is 0 Å². The number of rotatable bonds is 7. The van der Waals surface area contributed by atoms with Crippen molar-refractivity contribution in [1.29, 1.82) is 16.2 Å². The van der Waals surface area contributed by atoms with Crippen molar-refractivity contribution >= 4 is 29.0 Å². The molecular weight excluding hydrogens is 356 g/mol. The molecule has 0 radical (unpaired) electrons. The average molecular weight is 384 g/mol. The minimum absolute atomic E-state index is 0. The van der Waals surface area contributed by atoms with Gasteiger partial charge in [0.2, 0.25) is 5.90 Å². The van der Waals surface area contributed by atoms with E-state index in [1.54, 1.807) is 48.5 Å². The fourth-order valence-corrected chi connectivity index (χ4v) is 2.55. The monoisotopic (exact) mass is 384 g/mol. The van der Waals surface area contributed by atoms with Crippen LogP contribution in [-0.2, 0) is 4.74 Å². The van der Waals surface area contributed by atoms with Crippen LogP contribution in [0.1, 0.15) is 33.3 Å². The van der Waals surface area contributed by atoms with Crippen LogP contribution in [0.25, 0.3) is 0 Å². The van der Waals surface area contributed by atoms with Crippen LogP contribution < -0.4 is 15.4 Å². The molecule has 150 valence electrons. The summed E-state index contributed by atoms with van der Waals surface area (Å²) in [7, 11) is 1.76. The lowest BCUT2D eigenvalue weighted by molar-refractivity contribution is 0.242. The molecule has 0 spiro atoms. The van der Waals surface area contributed by atoms with Gasteiger partial charge in [-0.05, 0) is 44.2 Å². The van der Waals surface area contributed by atoms with Crippen LogP contribution in [0.4, 0.5) is 11.5 Å². The summed E-state index contributed by atoms with van der Waals surface area (Å²) in [4.78, 5) is 6.01. The first kappa shape index (κ1) is 20.9. The number of hydrogen-bond acceptors (Lipinski definition) is 8. The second kappa shape index (κ2) is 8.98. The van der Waals surface area contributed by atoms with Gasteiger partial charge in [-0.25, -0.2) is 4.98 Å². The number of benzene rings is 1. The molecule has 0 aliphatic heterocycles. The molecule has 0 atom stereocenters. The Bertz CT molecular complexity index is 900. The number of nitrogens with one attached hydrogen (secondary N) is 3. The smallest absolute Gasteiger partial charge is 0.208 e. The van der Waals surface area contributed by atoms with E-state index in [1.165, 1.54) is 6.92 Å². The molecule has 0 amide bonds. The fraction of sp³-hybridized carbons (Fsp3) is 0.300. The molecule has 0 bridgehead atoms. The van der Waals surface area contributed by atoms with Crippen LogP contribution in [0, 0.1) is 16.2 Å². The molecule has 5 N–H and O–H groups in total. The lowest BCUT2D eigenvalue weighted by atomic mass is 10.0. The Morgan fingerprint density at radius 3 is 2.57 bits per heavy atom. The Morgan fingerprint density at radius 1 is 1.21 bits per heavy atom. The van der Waals surface area contributed by atoms with Crippen LogP contribution in [0.15, 0.2) is 36.5 Å². The standard InChI is InChI=1S/C20H26N6O2.H2/c1-12(2)27-15-5-6-17(22)16(10-15)20(24)14-7-8-25-19(9-14)26(4)11-18(23)28-13(3)21;/h5-10,12,21,23-24H,11,22H2,1-4H3;1H. The number of hydrogen-bond donors (Lipinski definition) is 4. The molecule has 1 aromatic carbocycles. The van der Waals surface area contributed by atoms with E-state index < -0.39 is 0 Å². The SMILES string of the molecule is CC(=N)OC(=N)CN(C)c1cc(C(=N)c2cc(OC(C)C)ccc2N)ccn1.[HH]. The first-order valence-electron chi connectivity index (χ1n) is 8.80.